The number of carbonyl (C=O) groups excluding carboxylic acids is 1. The molecular weight excluding hydrogens is 124 g/mol. The van der Waals surface area contributed by atoms with E-state index in [0.29, 0.717) is 11.8 Å². The van der Waals surface area contributed by atoms with E-state index in [4.69, 9.17) is 0 Å². The average Bonchev–Trinajstić information content (AvgIpc) is 2.04. The third-order valence-corrected chi connectivity index (χ3v) is 2.67. The highest BCUT2D eigenvalue weighted by molar-refractivity contribution is 5.54. The normalized spacial score (nSPS) is 33.7. The average molecular weight is 140 g/mol. The van der Waals surface area contributed by atoms with Crippen LogP contribution in [0.2, 0.25) is 0 Å². The van der Waals surface area contributed by atoms with Crippen molar-refractivity contribution in [2.24, 2.45) is 11.8 Å². The van der Waals surface area contributed by atoms with Gasteiger partial charge in [-0.05, 0) is 18.8 Å². The summed E-state index contributed by atoms with van der Waals surface area (Å²) in [6, 6.07) is 0. The Labute approximate surface area is 62.8 Å². The minimum atomic E-state index is 0.388. The molecule has 0 unspecified atom stereocenters. The smallest absolute Gasteiger partial charge is 0.123 e. The van der Waals surface area contributed by atoms with Crippen LogP contribution < -0.4 is 0 Å². The maximum absolute atomic E-state index is 10.5. The van der Waals surface area contributed by atoms with Gasteiger partial charge in [0.05, 0.1) is 0 Å². The molecule has 0 aromatic rings. The number of rotatable bonds is 2. The van der Waals surface area contributed by atoms with Gasteiger partial charge < -0.3 is 4.79 Å². The molecule has 0 spiro atoms. The standard InChI is InChI=1S/C9H16O/c1-2-8-5-3-4-6-9(8)7-10/h7-9H,2-6H2,1H3/t8-,9-/m0/s1. The Morgan fingerprint density at radius 1 is 1.40 bits per heavy atom. The Bertz CT molecular complexity index is 109. The summed E-state index contributed by atoms with van der Waals surface area (Å²) >= 11 is 0. The van der Waals surface area contributed by atoms with Crippen molar-refractivity contribution in [2.45, 2.75) is 39.0 Å². The van der Waals surface area contributed by atoms with Gasteiger partial charge in [0.15, 0.2) is 0 Å². The maximum Gasteiger partial charge on any atom is 0.123 e. The summed E-state index contributed by atoms with van der Waals surface area (Å²) in [6.07, 6.45) is 7.36. The molecule has 1 heteroatoms. The SMILES string of the molecule is CC[C@H]1CCCC[C@H]1C=O. The Hall–Kier alpha value is -0.330. The summed E-state index contributed by atoms with van der Waals surface area (Å²) in [5.74, 6) is 1.09. The molecule has 0 radical (unpaired) electrons. The van der Waals surface area contributed by atoms with E-state index in [1.165, 1.54) is 25.7 Å². The molecule has 58 valence electrons. The predicted octanol–water partition coefficient (Wildman–Crippen LogP) is 2.40. The van der Waals surface area contributed by atoms with Crippen LogP contribution in [-0.4, -0.2) is 6.29 Å². The molecule has 1 rings (SSSR count). The minimum absolute atomic E-state index is 0.388. The molecule has 2 atom stereocenters. The second-order valence-corrected chi connectivity index (χ2v) is 3.25. The lowest BCUT2D eigenvalue weighted by Gasteiger charge is -2.26. The summed E-state index contributed by atoms with van der Waals surface area (Å²) in [4.78, 5) is 10.5. The van der Waals surface area contributed by atoms with Crippen LogP contribution in [0.5, 0.6) is 0 Å². The van der Waals surface area contributed by atoms with Gasteiger partial charge in [0.1, 0.15) is 6.29 Å². The maximum atomic E-state index is 10.5. The Morgan fingerprint density at radius 3 is 2.60 bits per heavy atom. The highest BCUT2D eigenvalue weighted by Gasteiger charge is 2.22. The predicted molar refractivity (Wildman–Crippen MR) is 41.8 cm³/mol. The highest BCUT2D eigenvalue weighted by atomic mass is 16.1. The summed E-state index contributed by atoms with van der Waals surface area (Å²) in [7, 11) is 0. The molecule has 1 aliphatic carbocycles. The van der Waals surface area contributed by atoms with Crippen molar-refractivity contribution in [3.8, 4) is 0 Å². The molecule has 1 fully saturated rings. The summed E-state index contributed by atoms with van der Waals surface area (Å²) in [5.41, 5.74) is 0. The first-order chi connectivity index (χ1) is 4.88. The second kappa shape index (κ2) is 3.75. The van der Waals surface area contributed by atoms with E-state index in [2.05, 4.69) is 6.92 Å². The molecule has 1 nitrogen and oxygen atoms in total. The minimum Gasteiger partial charge on any atom is -0.303 e. The van der Waals surface area contributed by atoms with E-state index in [-0.39, 0.29) is 0 Å². The Kier molecular flexibility index (Phi) is 2.91. The first kappa shape index (κ1) is 7.77. The van der Waals surface area contributed by atoms with E-state index in [9.17, 15) is 4.79 Å². The molecular formula is C9H16O. The molecule has 0 saturated heterocycles. The van der Waals surface area contributed by atoms with Crippen LogP contribution in [0.15, 0.2) is 0 Å². The van der Waals surface area contributed by atoms with E-state index in [1.54, 1.807) is 0 Å². The summed E-state index contributed by atoms with van der Waals surface area (Å²) < 4.78 is 0. The third kappa shape index (κ3) is 1.59. The molecule has 0 aromatic carbocycles. The topological polar surface area (TPSA) is 17.1 Å². The van der Waals surface area contributed by atoms with Crippen molar-refractivity contribution >= 4 is 6.29 Å². The molecule has 0 aliphatic heterocycles. The van der Waals surface area contributed by atoms with Crippen LogP contribution in [-0.2, 0) is 4.79 Å². The number of carbonyl (C=O) groups is 1. The fourth-order valence-corrected chi connectivity index (χ4v) is 1.92. The zero-order valence-corrected chi connectivity index (χ0v) is 6.68. The van der Waals surface area contributed by atoms with E-state index < -0.39 is 0 Å². The zero-order chi connectivity index (χ0) is 7.40. The van der Waals surface area contributed by atoms with Gasteiger partial charge in [-0.2, -0.15) is 0 Å². The van der Waals surface area contributed by atoms with Gasteiger partial charge in [-0.15, -0.1) is 0 Å². The van der Waals surface area contributed by atoms with E-state index in [0.717, 1.165) is 12.7 Å². The largest absolute Gasteiger partial charge is 0.303 e. The summed E-state index contributed by atoms with van der Waals surface area (Å²) in [6.45, 7) is 2.19. The van der Waals surface area contributed by atoms with Gasteiger partial charge in [-0.25, -0.2) is 0 Å². The van der Waals surface area contributed by atoms with Gasteiger partial charge in [0.25, 0.3) is 0 Å². The molecule has 10 heavy (non-hydrogen) atoms. The summed E-state index contributed by atoms with van der Waals surface area (Å²) in [5, 5.41) is 0. The molecule has 0 heterocycles. The number of hydrogen-bond acceptors (Lipinski definition) is 1. The first-order valence-electron chi connectivity index (χ1n) is 4.33. The number of hydrogen-bond donors (Lipinski definition) is 0. The van der Waals surface area contributed by atoms with E-state index in [1.807, 2.05) is 0 Å². The van der Waals surface area contributed by atoms with Crippen LogP contribution in [0, 0.1) is 11.8 Å². The first-order valence-corrected chi connectivity index (χ1v) is 4.33. The van der Waals surface area contributed by atoms with E-state index >= 15 is 0 Å². The van der Waals surface area contributed by atoms with Crippen molar-refractivity contribution in [1.82, 2.24) is 0 Å². The fourth-order valence-electron chi connectivity index (χ4n) is 1.92. The number of aldehydes is 1. The molecule has 1 saturated carbocycles. The Morgan fingerprint density at radius 2 is 2.10 bits per heavy atom. The van der Waals surface area contributed by atoms with Crippen LogP contribution in [0.1, 0.15) is 39.0 Å². The van der Waals surface area contributed by atoms with Gasteiger partial charge >= 0.3 is 0 Å². The molecule has 0 amide bonds. The van der Waals surface area contributed by atoms with Crippen LogP contribution >= 0.6 is 0 Å². The Balaban J connectivity index is 2.41. The molecule has 0 N–H and O–H groups in total. The zero-order valence-electron chi connectivity index (χ0n) is 6.68. The van der Waals surface area contributed by atoms with Crippen LogP contribution in [0.3, 0.4) is 0 Å². The fraction of sp³-hybridized carbons (Fsp3) is 0.889. The van der Waals surface area contributed by atoms with Gasteiger partial charge in [0, 0.05) is 5.92 Å². The monoisotopic (exact) mass is 140 g/mol. The van der Waals surface area contributed by atoms with Crippen molar-refractivity contribution < 1.29 is 4.79 Å². The molecule has 0 bridgehead atoms. The molecule has 1 aliphatic rings. The van der Waals surface area contributed by atoms with Gasteiger partial charge in [-0.3, -0.25) is 0 Å². The lowest BCUT2D eigenvalue weighted by molar-refractivity contribution is -0.113. The third-order valence-electron chi connectivity index (χ3n) is 2.67. The highest BCUT2D eigenvalue weighted by Crippen LogP contribution is 2.30. The van der Waals surface area contributed by atoms with Crippen molar-refractivity contribution in [3.63, 3.8) is 0 Å². The van der Waals surface area contributed by atoms with Crippen molar-refractivity contribution in [3.05, 3.63) is 0 Å². The van der Waals surface area contributed by atoms with Crippen molar-refractivity contribution in [2.75, 3.05) is 0 Å². The second-order valence-electron chi connectivity index (χ2n) is 3.25. The lowest BCUT2D eigenvalue weighted by Crippen LogP contribution is -2.19. The van der Waals surface area contributed by atoms with Gasteiger partial charge in [0.2, 0.25) is 0 Å². The molecule has 0 aromatic heterocycles. The van der Waals surface area contributed by atoms with Crippen molar-refractivity contribution in [1.29, 1.82) is 0 Å². The lowest BCUT2D eigenvalue weighted by atomic mass is 9.79. The van der Waals surface area contributed by atoms with Crippen LogP contribution in [0.4, 0.5) is 0 Å². The van der Waals surface area contributed by atoms with Crippen LogP contribution in [0.25, 0.3) is 0 Å². The quantitative estimate of drug-likeness (QED) is 0.538. The van der Waals surface area contributed by atoms with Gasteiger partial charge in [-0.1, -0.05) is 26.2 Å².